The van der Waals surface area contributed by atoms with Crippen molar-refractivity contribution in [3.8, 4) is 0 Å². The van der Waals surface area contributed by atoms with Crippen LogP contribution in [0.3, 0.4) is 0 Å². The monoisotopic (exact) mass is 373 g/mol. The van der Waals surface area contributed by atoms with Crippen molar-refractivity contribution in [2.45, 2.75) is 45.9 Å². The molecule has 7 heteroatoms. The maximum atomic E-state index is 12.2. The van der Waals surface area contributed by atoms with Gasteiger partial charge >= 0.3 is 5.97 Å². The number of aromatic nitrogens is 2. The molecule has 0 spiro atoms. The minimum absolute atomic E-state index is 0.0457. The number of ether oxygens (including phenoxy) is 1. The largest absolute Gasteiger partial charge is 0.452 e. The van der Waals surface area contributed by atoms with E-state index in [-0.39, 0.29) is 11.7 Å². The Balaban J connectivity index is 1.86. The third-order valence-electron chi connectivity index (χ3n) is 3.60. The number of benzene rings is 1. The van der Waals surface area contributed by atoms with Gasteiger partial charge in [-0.2, -0.15) is 0 Å². The van der Waals surface area contributed by atoms with E-state index in [1.807, 2.05) is 52.0 Å². The number of nitrogens with one attached hydrogen (secondary N) is 1. The van der Waals surface area contributed by atoms with Gasteiger partial charge in [-0.3, -0.25) is 9.59 Å². The number of anilines is 1. The summed E-state index contributed by atoms with van der Waals surface area (Å²) in [5.74, 6) is -0.802. The van der Waals surface area contributed by atoms with Crippen LogP contribution in [0.1, 0.15) is 29.4 Å². The normalized spacial score (nSPS) is 11.7. The van der Waals surface area contributed by atoms with Crippen molar-refractivity contribution < 1.29 is 14.3 Å². The Morgan fingerprint density at radius 1 is 1.12 bits per heavy atom. The minimum Gasteiger partial charge on any atom is -0.452 e. The van der Waals surface area contributed by atoms with E-state index >= 15 is 0 Å². The molecular weight excluding hydrogens is 350 g/mol. The average Bonchev–Trinajstić information content (AvgIpc) is 2.54. The zero-order valence-electron chi connectivity index (χ0n) is 15.6. The van der Waals surface area contributed by atoms with Crippen LogP contribution in [0.25, 0.3) is 0 Å². The van der Waals surface area contributed by atoms with Crippen molar-refractivity contribution in [2.75, 3.05) is 11.1 Å². The van der Waals surface area contributed by atoms with Gasteiger partial charge in [0.1, 0.15) is 0 Å². The van der Waals surface area contributed by atoms with Crippen LogP contribution in [-0.4, -0.2) is 33.7 Å². The number of thioether (sulfide) groups is 1. The SMILES string of the molecule is Cc1ccc(NC(=O)[C@H](C)OC(=O)CSc2nc(C)cc(C)n2)c(C)c1. The molecule has 2 aromatic rings. The van der Waals surface area contributed by atoms with Crippen molar-refractivity contribution in [1.82, 2.24) is 9.97 Å². The Kier molecular flexibility index (Phi) is 6.74. The molecule has 2 rings (SSSR count). The number of carbonyl (C=O) groups excluding carboxylic acids is 2. The molecule has 0 bridgehead atoms. The van der Waals surface area contributed by atoms with Crippen LogP contribution in [-0.2, 0) is 14.3 Å². The first kappa shape index (κ1) is 19.9. The van der Waals surface area contributed by atoms with E-state index in [9.17, 15) is 9.59 Å². The molecule has 1 N–H and O–H groups in total. The summed E-state index contributed by atoms with van der Waals surface area (Å²) in [6.45, 7) is 9.20. The number of nitrogens with zero attached hydrogens (tertiary/aromatic N) is 2. The molecule has 0 aliphatic heterocycles. The van der Waals surface area contributed by atoms with Crippen LogP contribution in [0, 0.1) is 27.7 Å². The van der Waals surface area contributed by atoms with E-state index in [2.05, 4.69) is 15.3 Å². The average molecular weight is 373 g/mol. The van der Waals surface area contributed by atoms with Gasteiger partial charge in [0.25, 0.3) is 5.91 Å². The molecular formula is C19H23N3O3S. The topological polar surface area (TPSA) is 81.2 Å². The van der Waals surface area contributed by atoms with Crippen LogP contribution < -0.4 is 5.32 Å². The summed E-state index contributed by atoms with van der Waals surface area (Å²) in [5, 5.41) is 3.30. The number of aryl methyl sites for hydroxylation is 4. The van der Waals surface area contributed by atoms with Gasteiger partial charge in [0.15, 0.2) is 11.3 Å². The van der Waals surface area contributed by atoms with E-state index in [0.29, 0.717) is 10.8 Å². The van der Waals surface area contributed by atoms with Gasteiger partial charge in [-0.05, 0) is 52.3 Å². The molecule has 1 aromatic carbocycles. The maximum absolute atomic E-state index is 12.2. The quantitative estimate of drug-likeness (QED) is 0.475. The molecule has 0 radical (unpaired) electrons. The molecule has 0 aliphatic carbocycles. The molecule has 1 amide bonds. The van der Waals surface area contributed by atoms with E-state index in [1.165, 1.54) is 11.8 Å². The Morgan fingerprint density at radius 3 is 2.38 bits per heavy atom. The van der Waals surface area contributed by atoms with Crippen LogP contribution in [0.5, 0.6) is 0 Å². The van der Waals surface area contributed by atoms with E-state index in [4.69, 9.17) is 4.74 Å². The summed E-state index contributed by atoms with van der Waals surface area (Å²) in [7, 11) is 0. The lowest BCUT2D eigenvalue weighted by Gasteiger charge is -2.15. The summed E-state index contributed by atoms with van der Waals surface area (Å²) in [4.78, 5) is 32.7. The minimum atomic E-state index is -0.885. The fourth-order valence-corrected chi connectivity index (χ4v) is 3.09. The zero-order valence-corrected chi connectivity index (χ0v) is 16.4. The summed E-state index contributed by atoms with van der Waals surface area (Å²) in [5.41, 5.74) is 4.47. The van der Waals surface area contributed by atoms with Crippen molar-refractivity contribution >= 4 is 29.3 Å². The van der Waals surface area contributed by atoms with Crippen LogP contribution in [0.2, 0.25) is 0 Å². The summed E-state index contributed by atoms with van der Waals surface area (Å²) in [6.07, 6.45) is -0.885. The second-order valence-electron chi connectivity index (χ2n) is 6.16. The van der Waals surface area contributed by atoms with Gasteiger partial charge in [-0.25, -0.2) is 9.97 Å². The van der Waals surface area contributed by atoms with E-state index in [0.717, 1.165) is 22.5 Å². The number of amides is 1. The van der Waals surface area contributed by atoms with Crippen LogP contribution in [0.4, 0.5) is 5.69 Å². The Morgan fingerprint density at radius 2 is 1.77 bits per heavy atom. The summed E-state index contributed by atoms with van der Waals surface area (Å²) >= 11 is 1.19. The van der Waals surface area contributed by atoms with Gasteiger partial charge in [0, 0.05) is 17.1 Å². The highest BCUT2D eigenvalue weighted by atomic mass is 32.2. The number of carbonyl (C=O) groups is 2. The van der Waals surface area contributed by atoms with Crippen LogP contribution in [0.15, 0.2) is 29.4 Å². The van der Waals surface area contributed by atoms with Gasteiger partial charge in [-0.15, -0.1) is 0 Å². The fraction of sp³-hybridized carbons (Fsp3) is 0.368. The molecule has 6 nitrogen and oxygen atoms in total. The standard InChI is InChI=1S/C19H23N3O3S/c1-11-6-7-16(12(2)8-11)22-18(24)15(5)25-17(23)10-26-19-20-13(3)9-14(4)21-19/h6-9,15H,10H2,1-5H3,(H,22,24)/t15-/m0/s1. The second kappa shape index (κ2) is 8.80. The first-order chi connectivity index (χ1) is 12.2. The van der Waals surface area contributed by atoms with Gasteiger partial charge in [0.2, 0.25) is 0 Å². The molecule has 138 valence electrons. The number of rotatable bonds is 6. The van der Waals surface area contributed by atoms with Crippen molar-refractivity contribution in [2.24, 2.45) is 0 Å². The number of esters is 1. The number of hydrogen-bond donors (Lipinski definition) is 1. The molecule has 0 fully saturated rings. The lowest BCUT2D eigenvalue weighted by Crippen LogP contribution is -2.30. The third-order valence-corrected chi connectivity index (χ3v) is 4.42. The van der Waals surface area contributed by atoms with E-state index in [1.54, 1.807) is 6.92 Å². The van der Waals surface area contributed by atoms with E-state index < -0.39 is 12.1 Å². The highest BCUT2D eigenvalue weighted by Gasteiger charge is 2.19. The molecule has 1 aromatic heterocycles. The first-order valence-corrected chi connectivity index (χ1v) is 9.26. The van der Waals surface area contributed by atoms with Gasteiger partial charge in [-0.1, -0.05) is 29.5 Å². The molecule has 1 heterocycles. The molecule has 0 unspecified atom stereocenters. The summed E-state index contributed by atoms with van der Waals surface area (Å²) in [6, 6.07) is 7.60. The lowest BCUT2D eigenvalue weighted by molar-refractivity contribution is -0.150. The predicted octanol–water partition coefficient (Wildman–Crippen LogP) is 3.37. The van der Waals surface area contributed by atoms with Gasteiger partial charge < -0.3 is 10.1 Å². The third kappa shape index (κ3) is 5.84. The molecule has 0 saturated heterocycles. The Hall–Kier alpha value is -2.41. The second-order valence-corrected chi connectivity index (χ2v) is 7.10. The molecule has 0 saturated carbocycles. The Labute approximate surface area is 157 Å². The predicted molar refractivity (Wildman–Crippen MR) is 102 cm³/mol. The van der Waals surface area contributed by atoms with Crippen molar-refractivity contribution in [3.63, 3.8) is 0 Å². The summed E-state index contributed by atoms with van der Waals surface area (Å²) < 4.78 is 5.20. The maximum Gasteiger partial charge on any atom is 0.317 e. The zero-order chi connectivity index (χ0) is 19.3. The molecule has 26 heavy (non-hydrogen) atoms. The van der Waals surface area contributed by atoms with Crippen molar-refractivity contribution in [3.05, 3.63) is 46.8 Å². The highest BCUT2D eigenvalue weighted by Crippen LogP contribution is 2.17. The molecule has 0 aliphatic rings. The van der Waals surface area contributed by atoms with Crippen LogP contribution >= 0.6 is 11.8 Å². The fourth-order valence-electron chi connectivity index (χ4n) is 2.35. The van der Waals surface area contributed by atoms with Gasteiger partial charge in [0.05, 0.1) is 5.75 Å². The Bertz CT molecular complexity index is 803. The van der Waals surface area contributed by atoms with Crippen molar-refractivity contribution in [1.29, 1.82) is 0 Å². The first-order valence-electron chi connectivity index (χ1n) is 8.27. The molecule has 1 atom stereocenters. The lowest BCUT2D eigenvalue weighted by atomic mass is 10.1. The smallest absolute Gasteiger partial charge is 0.317 e. The highest BCUT2D eigenvalue weighted by molar-refractivity contribution is 7.99. The number of hydrogen-bond acceptors (Lipinski definition) is 6.